The monoisotopic (exact) mass is 465 g/mol. The van der Waals surface area contributed by atoms with Crippen LogP contribution in [0.25, 0.3) is 0 Å². The fourth-order valence-corrected chi connectivity index (χ4v) is 5.15. The summed E-state index contributed by atoms with van der Waals surface area (Å²) in [5, 5.41) is 3.14. The minimum atomic E-state index is -0.0598. The number of benzene rings is 2. The summed E-state index contributed by atoms with van der Waals surface area (Å²) in [5.41, 5.74) is 2.35. The van der Waals surface area contributed by atoms with Gasteiger partial charge >= 0.3 is 0 Å². The number of methoxy groups -OCH3 is 1. The topological polar surface area (TPSA) is 56.8 Å². The highest BCUT2D eigenvalue weighted by molar-refractivity contribution is 5.80. The van der Waals surface area contributed by atoms with Crippen LogP contribution in [-0.4, -0.2) is 32.3 Å². The van der Waals surface area contributed by atoms with Crippen molar-refractivity contribution in [3.63, 3.8) is 0 Å². The molecule has 1 saturated heterocycles. The third kappa shape index (κ3) is 6.46. The third-order valence-electron chi connectivity index (χ3n) is 7.11. The van der Waals surface area contributed by atoms with Gasteiger partial charge in [-0.05, 0) is 80.3 Å². The van der Waals surface area contributed by atoms with Gasteiger partial charge in [0.25, 0.3) is 0 Å². The maximum absolute atomic E-state index is 12.7. The zero-order valence-electron chi connectivity index (χ0n) is 20.7. The van der Waals surface area contributed by atoms with Crippen LogP contribution >= 0.6 is 0 Å². The van der Waals surface area contributed by atoms with Crippen molar-refractivity contribution in [2.24, 2.45) is 5.92 Å². The largest absolute Gasteiger partial charge is 0.494 e. The van der Waals surface area contributed by atoms with Gasteiger partial charge in [0.2, 0.25) is 5.91 Å². The molecule has 0 aromatic heterocycles. The first-order valence-electron chi connectivity index (χ1n) is 13.0. The lowest BCUT2D eigenvalue weighted by Crippen LogP contribution is -2.41. The van der Waals surface area contributed by atoms with Gasteiger partial charge in [0.15, 0.2) is 11.5 Å². The van der Waals surface area contributed by atoms with E-state index in [9.17, 15) is 4.79 Å². The molecule has 5 heteroatoms. The van der Waals surface area contributed by atoms with Crippen molar-refractivity contribution in [1.82, 2.24) is 5.32 Å². The van der Waals surface area contributed by atoms with Crippen LogP contribution in [0.1, 0.15) is 75.3 Å². The molecule has 2 aliphatic rings. The second kappa shape index (κ2) is 12.1. The number of nitrogens with one attached hydrogen (secondary N) is 1. The van der Waals surface area contributed by atoms with Gasteiger partial charge in [0.05, 0.1) is 19.8 Å². The Morgan fingerprint density at radius 3 is 2.68 bits per heavy atom. The number of hydrogen-bond donors (Lipinski definition) is 1. The number of carbonyl (C=O) groups is 1. The Balaban J connectivity index is 1.41. The number of unbranched alkanes of at least 4 members (excludes halogenated alkanes) is 2. The molecule has 0 radical (unpaired) electrons. The first-order chi connectivity index (χ1) is 16.7. The van der Waals surface area contributed by atoms with E-state index in [1.54, 1.807) is 7.11 Å². The minimum absolute atomic E-state index is 0.0598. The van der Waals surface area contributed by atoms with E-state index in [1.807, 2.05) is 18.2 Å². The lowest BCUT2D eigenvalue weighted by molar-refractivity contribution is -0.126. The van der Waals surface area contributed by atoms with Gasteiger partial charge in [-0.1, -0.05) is 38.0 Å². The predicted octanol–water partition coefficient (Wildman–Crippen LogP) is 6.05. The van der Waals surface area contributed by atoms with E-state index in [0.29, 0.717) is 6.54 Å². The Labute approximate surface area is 204 Å². The molecule has 2 aromatic rings. The van der Waals surface area contributed by atoms with E-state index in [0.717, 1.165) is 61.5 Å². The van der Waals surface area contributed by atoms with E-state index >= 15 is 0 Å². The standard InChI is InChI=1S/C29H39NO4/c1-3-4-7-15-33-26-12-8-9-21(17-26)16-23-18-24(20-30-29(23)31)22-13-14-27(32-2)28(19-22)34-25-10-5-6-11-25/h8-9,12-14,17,19,23-25H,3-7,10-11,15-16,18,20H2,1-2H3,(H,30,31)/t23-,24-/m1/s1. The molecular weight excluding hydrogens is 426 g/mol. The molecule has 2 atom stereocenters. The number of hydrogen-bond acceptors (Lipinski definition) is 4. The van der Waals surface area contributed by atoms with E-state index in [-0.39, 0.29) is 23.8 Å². The number of piperidine rings is 1. The van der Waals surface area contributed by atoms with E-state index in [4.69, 9.17) is 14.2 Å². The van der Waals surface area contributed by atoms with Gasteiger partial charge in [0.1, 0.15) is 5.75 Å². The second-order valence-electron chi connectivity index (χ2n) is 9.72. The highest BCUT2D eigenvalue weighted by Crippen LogP contribution is 2.37. The number of ether oxygens (including phenoxy) is 3. The average molecular weight is 466 g/mol. The average Bonchev–Trinajstić information content (AvgIpc) is 3.37. The van der Waals surface area contributed by atoms with Crippen LogP contribution in [0.15, 0.2) is 42.5 Å². The minimum Gasteiger partial charge on any atom is -0.494 e. The van der Waals surface area contributed by atoms with Crippen LogP contribution in [0, 0.1) is 5.92 Å². The van der Waals surface area contributed by atoms with Gasteiger partial charge < -0.3 is 19.5 Å². The van der Waals surface area contributed by atoms with E-state index < -0.39 is 0 Å². The third-order valence-corrected chi connectivity index (χ3v) is 7.11. The maximum Gasteiger partial charge on any atom is 0.223 e. The summed E-state index contributed by atoms with van der Waals surface area (Å²) >= 11 is 0. The Morgan fingerprint density at radius 2 is 1.88 bits per heavy atom. The van der Waals surface area contributed by atoms with Crippen LogP contribution in [-0.2, 0) is 11.2 Å². The van der Waals surface area contributed by atoms with Crippen molar-refractivity contribution in [1.29, 1.82) is 0 Å². The summed E-state index contributed by atoms with van der Waals surface area (Å²) in [4.78, 5) is 12.7. The maximum atomic E-state index is 12.7. The second-order valence-corrected chi connectivity index (χ2v) is 9.72. The molecule has 1 aliphatic heterocycles. The molecule has 1 amide bonds. The molecule has 4 rings (SSSR count). The molecule has 1 N–H and O–H groups in total. The predicted molar refractivity (Wildman–Crippen MR) is 135 cm³/mol. The normalized spacial score (nSPS) is 20.7. The Kier molecular flexibility index (Phi) is 8.73. The first-order valence-corrected chi connectivity index (χ1v) is 13.0. The van der Waals surface area contributed by atoms with E-state index in [1.165, 1.54) is 31.2 Å². The van der Waals surface area contributed by atoms with Crippen molar-refractivity contribution in [3.8, 4) is 17.2 Å². The van der Waals surface area contributed by atoms with Crippen molar-refractivity contribution in [2.45, 2.75) is 76.7 Å². The lowest BCUT2D eigenvalue weighted by atomic mass is 9.82. The molecule has 34 heavy (non-hydrogen) atoms. The molecule has 2 aromatic carbocycles. The van der Waals surface area contributed by atoms with Crippen LogP contribution in [0.2, 0.25) is 0 Å². The molecular formula is C29H39NO4. The molecule has 5 nitrogen and oxygen atoms in total. The quantitative estimate of drug-likeness (QED) is 0.411. The van der Waals surface area contributed by atoms with Crippen molar-refractivity contribution in [3.05, 3.63) is 53.6 Å². The molecule has 1 heterocycles. The molecule has 0 spiro atoms. The van der Waals surface area contributed by atoms with Crippen LogP contribution in [0.5, 0.6) is 17.2 Å². The molecule has 1 aliphatic carbocycles. The van der Waals surface area contributed by atoms with Gasteiger partial charge in [-0.2, -0.15) is 0 Å². The smallest absolute Gasteiger partial charge is 0.223 e. The molecule has 0 unspecified atom stereocenters. The SMILES string of the molecule is CCCCCOc1cccc(C[C@@H]2C[C@@H](c3ccc(OC)c(OC4CCCC4)c3)CNC2=O)c1. The Bertz CT molecular complexity index is 937. The fourth-order valence-electron chi connectivity index (χ4n) is 5.15. The van der Waals surface area contributed by atoms with Crippen LogP contribution < -0.4 is 19.5 Å². The lowest BCUT2D eigenvalue weighted by Gasteiger charge is -2.30. The summed E-state index contributed by atoms with van der Waals surface area (Å²) < 4.78 is 17.8. The molecule has 184 valence electrons. The van der Waals surface area contributed by atoms with Crippen molar-refractivity contribution < 1.29 is 19.0 Å². The zero-order chi connectivity index (χ0) is 23.8. The fraction of sp³-hybridized carbons (Fsp3) is 0.552. The molecule has 1 saturated carbocycles. The zero-order valence-corrected chi connectivity index (χ0v) is 20.7. The van der Waals surface area contributed by atoms with E-state index in [2.05, 4.69) is 36.5 Å². The van der Waals surface area contributed by atoms with Gasteiger partial charge in [-0.3, -0.25) is 4.79 Å². The summed E-state index contributed by atoms with van der Waals surface area (Å²) in [6, 6.07) is 14.5. The molecule has 2 fully saturated rings. The molecule has 0 bridgehead atoms. The van der Waals surface area contributed by atoms with Gasteiger partial charge in [-0.15, -0.1) is 0 Å². The summed E-state index contributed by atoms with van der Waals surface area (Å²) in [7, 11) is 1.69. The summed E-state index contributed by atoms with van der Waals surface area (Å²) in [6.07, 6.45) is 9.93. The highest BCUT2D eigenvalue weighted by atomic mass is 16.5. The van der Waals surface area contributed by atoms with Crippen LogP contribution in [0.4, 0.5) is 0 Å². The number of rotatable bonds is 11. The van der Waals surface area contributed by atoms with Gasteiger partial charge in [-0.25, -0.2) is 0 Å². The number of carbonyl (C=O) groups excluding carboxylic acids is 1. The highest BCUT2D eigenvalue weighted by Gasteiger charge is 2.30. The van der Waals surface area contributed by atoms with Crippen molar-refractivity contribution >= 4 is 5.91 Å². The first kappa shape index (κ1) is 24.4. The number of amides is 1. The van der Waals surface area contributed by atoms with Gasteiger partial charge in [0, 0.05) is 18.4 Å². The van der Waals surface area contributed by atoms with Crippen LogP contribution in [0.3, 0.4) is 0 Å². The Morgan fingerprint density at radius 1 is 1.03 bits per heavy atom. The Hall–Kier alpha value is -2.69. The van der Waals surface area contributed by atoms with Crippen molar-refractivity contribution in [2.75, 3.05) is 20.3 Å². The summed E-state index contributed by atoms with van der Waals surface area (Å²) in [5.74, 6) is 2.84. The summed E-state index contributed by atoms with van der Waals surface area (Å²) in [6.45, 7) is 3.59.